The zero-order chi connectivity index (χ0) is 15.7. The summed E-state index contributed by atoms with van der Waals surface area (Å²) >= 11 is 1.47. The second-order valence-corrected chi connectivity index (χ2v) is 6.28. The van der Waals surface area contributed by atoms with Crippen LogP contribution in [-0.2, 0) is 0 Å². The van der Waals surface area contributed by atoms with Crippen LogP contribution >= 0.6 is 11.8 Å². The molecule has 1 unspecified atom stereocenters. The van der Waals surface area contributed by atoms with Crippen LogP contribution < -0.4 is 5.32 Å². The molecule has 1 aliphatic heterocycles. The number of hydrogen-bond donors (Lipinski definition) is 2. The minimum Gasteiger partial charge on any atom is -0.356 e. The lowest BCUT2D eigenvalue weighted by Crippen LogP contribution is -2.31. The van der Waals surface area contributed by atoms with E-state index in [1.165, 1.54) is 37.0 Å². The van der Waals surface area contributed by atoms with E-state index in [0.717, 1.165) is 17.7 Å². The van der Waals surface area contributed by atoms with E-state index in [1.54, 1.807) is 6.07 Å². The smallest absolute Gasteiger partial charge is 0.268 e. The van der Waals surface area contributed by atoms with Gasteiger partial charge in [0.15, 0.2) is 5.78 Å². The van der Waals surface area contributed by atoms with E-state index in [4.69, 9.17) is 0 Å². The molecule has 6 heteroatoms. The van der Waals surface area contributed by atoms with Gasteiger partial charge in [-0.2, -0.15) is 0 Å². The molecule has 2 N–H and O–H groups in total. The lowest BCUT2D eigenvalue weighted by molar-refractivity contribution is 0.0930. The molecule has 1 aromatic carbocycles. The molecule has 1 aliphatic rings. The van der Waals surface area contributed by atoms with Gasteiger partial charge in [-0.05, 0) is 31.0 Å². The predicted octanol–water partition coefficient (Wildman–Crippen LogP) is 3.32. The summed E-state index contributed by atoms with van der Waals surface area (Å²) in [4.78, 5) is 27.0. The van der Waals surface area contributed by atoms with E-state index in [9.17, 15) is 14.0 Å². The quantitative estimate of drug-likeness (QED) is 0.853. The monoisotopic (exact) mass is 318 g/mol. The fraction of sp³-hybridized carbons (Fsp3) is 0.250. The third-order valence-electron chi connectivity index (χ3n) is 3.67. The average molecular weight is 318 g/mol. The first-order valence-corrected chi connectivity index (χ1v) is 7.96. The maximum Gasteiger partial charge on any atom is 0.268 e. The van der Waals surface area contributed by atoms with Crippen LogP contribution in [0.5, 0.6) is 0 Å². The van der Waals surface area contributed by atoms with E-state index in [-0.39, 0.29) is 23.5 Å². The van der Waals surface area contributed by atoms with Crippen LogP contribution in [0.4, 0.5) is 4.39 Å². The van der Waals surface area contributed by atoms with Gasteiger partial charge in [-0.25, -0.2) is 4.39 Å². The molecule has 3 rings (SSSR count). The van der Waals surface area contributed by atoms with Crippen molar-refractivity contribution in [3.8, 4) is 0 Å². The molecule has 0 bridgehead atoms. The number of fused-ring (bicyclic) bond motifs is 1. The molecule has 2 heterocycles. The molecule has 1 aromatic heterocycles. The van der Waals surface area contributed by atoms with Crippen LogP contribution in [0.1, 0.15) is 45.8 Å². The number of carbonyl (C=O) groups is 2. The number of ketones is 1. The molecule has 1 amide bonds. The Kier molecular flexibility index (Phi) is 4.02. The SMILES string of the molecule is CC(=O)c1c[nH]c(C(=O)NC2CCSc3c(F)cccc32)c1. The van der Waals surface area contributed by atoms with E-state index < -0.39 is 0 Å². The van der Waals surface area contributed by atoms with Crippen LogP contribution in [0.25, 0.3) is 0 Å². The van der Waals surface area contributed by atoms with Gasteiger partial charge >= 0.3 is 0 Å². The number of aromatic amines is 1. The highest BCUT2D eigenvalue weighted by atomic mass is 32.2. The summed E-state index contributed by atoms with van der Waals surface area (Å²) in [7, 11) is 0. The number of nitrogens with one attached hydrogen (secondary N) is 2. The number of benzene rings is 1. The minimum atomic E-state index is -0.292. The molecule has 2 aromatic rings. The van der Waals surface area contributed by atoms with Gasteiger partial charge in [0.2, 0.25) is 0 Å². The third-order valence-corrected chi connectivity index (χ3v) is 4.82. The standard InChI is InChI=1S/C16H15FN2O2S/c1-9(20)10-7-14(18-8-10)16(21)19-13-5-6-22-15-11(13)3-2-4-12(15)17/h2-4,7-8,13,18H,5-6H2,1H3,(H,19,21). The van der Waals surface area contributed by atoms with Crippen molar-refractivity contribution in [3.05, 3.63) is 53.1 Å². The Hall–Kier alpha value is -2.08. The molecule has 22 heavy (non-hydrogen) atoms. The van der Waals surface area contributed by atoms with Crippen molar-refractivity contribution in [2.75, 3.05) is 5.75 Å². The number of halogens is 1. The second kappa shape index (κ2) is 5.96. The summed E-state index contributed by atoms with van der Waals surface area (Å²) < 4.78 is 13.8. The van der Waals surface area contributed by atoms with Crippen LogP contribution in [0, 0.1) is 5.82 Å². The van der Waals surface area contributed by atoms with Gasteiger partial charge in [-0.15, -0.1) is 11.8 Å². The molecule has 0 saturated carbocycles. The molecule has 0 aliphatic carbocycles. The topological polar surface area (TPSA) is 62.0 Å². The van der Waals surface area contributed by atoms with E-state index >= 15 is 0 Å². The molecule has 0 spiro atoms. The number of hydrogen-bond acceptors (Lipinski definition) is 3. The van der Waals surface area contributed by atoms with Crippen LogP contribution in [0.2, 0.25) is 0 Å². The first-order valence-electron chi connectivity index (χ1n) is 6.97. The number of aromatic nitrogens is 1. The summed E-state index contributed by atoms with van der Waals surface area (Å²) in [6.45, 7) is 1.45. The number of Topliss-reactive ketones (excluding diaryl/α,β-unsaturated/α-hetero) is 1. The van der Waals surface area contributed by atoms with Gasteiger partial charge in [0.1, 0.15) is 11.5 Å². The number of H-pyrrole nitrogens is 1. The summed E-state index contributed by atoms with van der Waals surface area (Å²) in [5, 5.41) is 2.91. The summed E-state index contributed by atoms with van der Waals surface area (Å²) in [5.41, 5.74) is 1.61. The Labute approximate surface area is 131 Å². The van der Waals surface area contributed by atoms with Crippen molar-refractivity contribution in [2.24, 2.45) is 0 Å². The molecule has 114 valence electrons. The number of thioether (sulfide) groups is 1. The van der Waals surface area contributed by atoms with Gasteiger partial charge in [0, 0.05) is 22.4 Å². The van der Waals surface area contributed by atoms with Crippen LogP contribution in [0.15, 0.2) is 35.4 Å². The van der Waals surface area contributed by atoms with Crippen molar-refractivity contribution in [1.29, 1.82) is 0 Å². The second-order valence-electron chi connectivity index (χ2n) is 5.18. The fourth-order valence-electron chi connectivity index (χ4n) is 2.50. The predicted molar refractivity (Wildman–Crippen MR) is 82.7 cm³/mol. The average Bonchev–Trinajstić information content (AvgIpc) is 2.98. The number of carbonyl (C=O) groups excluding carboxylic acids is 2. The van der Waals surface area contributed by atoms with E-state index in [2.05, 4.69) is 10.3 Å². The van der Waals surface area contributed by atoms with Gasteiger partial charge in [-0.1, -0.05) is 12.1 Å². The van der Waals surface area contributed by atoms with Crippen molar-refractivity contribution >= 4 is 23.5 Å². The molecular weight excluding hydrogens is 303 g/mol. The van der Waals surface area contributed by atoms with E-state index in [1.807, 2.05) is 6.07 Å². The first kappa shape index (κ1) is 14.8. The molecule has 0 fully saturated rings. The van der Waals surface area contributed by atoms with Gasteiger partial charge in [0.05, 0.1) is 6.04 Å². The minimum absolute atomic E-state index is 0.100. The third kappa shape index (κ3) is 2.78. The molecule has 1 atom stereocenters. The number of amides is 1. The van der Waals surface area contributed by atoms with Gasteiger partial charge in [0.25, 0.3) is 5.91 Å². The maximum absolute atomic E-state index is 13.8. The summed E-state index contributed by atoms with van der Waals surface area (Å²) in [5.74, 6) is 0.110. The maximum atomic E-state index is 13.8. The lowest BCUT2D eigenvalue weighted by Gasteiger charge is -2.26. The Morgan fingerprint density at radius 2 is 2.23 bits per heavy atom. The fourth-order valence-corrected chi connectivity index (χ4v) is 3.64. The summed E-state index contributed by atoms with van der Waals surface area (Å²) in [6, 6.07) is 6.23. The van der Waals surface area contributed by atoms with Gasteiger partial charge in [-0.3, -0.25) is 9.59 Å². The van der Waals surface area contributed by atoms with Crippen molar-refractivity contribution in [3.63, 3.8) is 0 Å². The van der Waals surface area contributed by atoms with Crippen molar-refractivity contribution in [2.45, 2.75) is 24.3 Å². The summed E-state index contributed by atoms with van der Waals surface area (Å²) in [6.07, 6.45) is 2.26. The van der Waals surface area contributed by atoms with Crippen molar-refractivity contribution < 1.29 is 14.0 Å². The lowest BCUT2D eigenvalue weighted by atomic mass is 10.0. The highest BCUT2D eigenvalue weighted by Crippen LogP contribution is 2.37. The highest BCUT2D eigenvalue weighted by molar-refractivity contribution is 7.99. The molecule has 4 nitrogen and oxygen atoms in total. The molecular formula is C16H15FN2O2S. The van der Waals surface area contributed by atoms with Crippen LogP contribution in [0.3, 0.4) is 0 Å². The Balaban J connectivity index is 1.80. The van der Waals surface area contributed by atoms with E-state index in [0.29, 0.717) is 16.2 Å². The largest absolute Gasteiger partial charge is 0.356 e. The van der Waals surface area contributed by atoms with Crippen LogP contribution in [-0.4, -0.2) is 22.4 Å². The first-order chi connectivity index (χ1) is 10.6. The van der Waals surface area contributed by atoms with Crippen molar-refractivity contribution in [1.82, 2.24) is 10.3 Å². The highest BCUT2D eigenvalue weighted by Gasteiger charge is 2.25. The Bertz CT molecular complexity index is 741. The Morgan fingerprint density at radius 3 is 2.95 bits per heavy atom. The zero-order valence-electron chi connectivity index (χ0n) is 12.0. The Morgan fingerprint density at radius 1 is 1.41 bits per heavy atom. The number of rotatable bonds is 3. The zero-order valence-corrected chi connectivity index (χ0v) is 12.8. The normalized spacial score (nSPS) is 16.9. The molecule has 0 radical (unpaired) electrons. The molecule has 0 saturated heterocycles. The van der Waals surface area contributed by atoms with Gasteiger partial charge < -0.3 is 10.3 Å².